The number of aryl methyl sites for hydroxylation is 4. The van der Waals surface area contributed by atoms with E-state index in [1.165, 1.54) is 15.4 Å². The van der Waals surface area contributed by atoms with Crippen LogP contribution >= 0.6 is 11.8 Å². The van der Waals surface area contributed by atoms with Gasteiger partial charge >= 0.3 is 0 Å². The van der Waals surface area contributed by atoms with E-state index < -0.39 is 10.0 Å². The third kappa shape index (κ3) is 7.61. The zero-order chi connectivity index (χ0) is 25.4. The van der Waals surface area contributed by atoms with Crippen LogP contribution in [0, 0.1) is 27.7 Å². The van der Waals surface area contributed by atoms with E-state index in [0.717, 1.165) is 34.6 Å². The molecule has 186 valence electrons. The zero-order valence-corrected chi connectivity index (χ0v) is 22.5. The molecule has 0 saturated carbocycles. The van der Waals surface area contributed by atoms with Crippen molar-refractivity contribution in [2.45, 2.75) is 44.8 Å². The van der Waals surface area contributed by atoms with E-state index in [9.17, 15) is 13.2 Å². The summed E-state index contributed by atoms with van der Waals surface area (Å²) < 4.78 is 28.3. The SMILES string of the molecule is Cc1ccc(CSCCCNC(=O)CN(c2ccc(C)cc2C)S(=O)(=O)c2ccc(C)cc2)cc1. The Morgan fingerprint density at radius 1 is 0.857 bits per heavy atom. The number of rotatable bonds is 11. The smallest absolute Gasteiger partial charge is 0.264 e. The maximum absolute atomic E-state index is 13.5. The minimum Gasteiger partial charge on any atom is -0.354 e. The number of hydrogen-bond acceptors (Lipinski definition) is 4. The van der Waals surface area contributed by atoms with Crippen LogP contribution in [0.25, 0.3) is 0 Å². The lowest BCUT2D eigenvalue weighted by Gasteiger charge is -2.26. The van der Waals surface area contributed by atoms with Crippen LogP contribution < -0.4 is 9.62 Å². The lowest BCUT2D eigenvalue weighted by molar-refractivity contribution is -0.119. The molecule has 0 aliphatic rings. The van der Waals surface area contributed by atoms with Crippen molar-refractivity contribution >= 4 is 33.4 Å². The average Bonchev–Trinajstić information content (AvgIpc) is 2.81. The molecule has 7 heteroatoms. The van der Waals surface area contributed by atoms with E-state index in [1.54, 1.807) is 30.3 Å². The second kappa shape index (κ2) is 12.3. The molecule has 35 heavy (non-hydrogen) atoms. The van der Waals surface area contributed by atoms with E-state index in [1.807, 2.05) is 44.7 Å². The molecule has 3 aromatic rings. The molecule has 0 unspecified atom stereocenters. The number of amides is 1. The largest absolute Gasteiger partial charge is 0.354 e. The van der Waals surface area contributed by atoms with Gasteiger partial charge in [-0.1, -0.05) is 65.2 Å². The van der Waals surface area contributed by atoms with Crippen LogP contribution in [-0.2, 0) is 20.6 Å². The van der Waals surface area contributed by atoms with Gasteiger partial charge in [-0.05, 0) is 69.2 Å². The van der Waals surface area contributed by atoms with Crippen LogP contribution in [0.4, 0.5) is 5.69 Å². The Morgan fingerprint density at radius 3 is 2.09 bits per heavy atom. The van der Waals surface area contributed by atoms with Gasteiger partial charge in [0.2, 0.25) is 5.91 Å². The minimum atomic E-state index is -3.91. The summed E-state index contributed by atoms with van der Waals surface area (Å²) in [6, 6.07) is 20.8. The van der Waals surface area contributed by atoms with E-state index in [4.69, 9.17) is 0 Å². The fraction of sp³-hybridized carbons (Fsp3) is 0.321. The number of thioether (sulfide) groups is 1. The fourth-order valence-electron chi connectivity index (χ4n) is 3.69. The Balaban J connectivity index is 1.62. The first kappa shape index (κ1) is 26.8. The zero-order valence-electron chi connectivity index (χ0n) is 20.9. The normalized spacial score (nSPS) is 11.3. The number of carbonyl (C=O) groups is 1. The number of sulfonamides is 1. The second-order valence-electron chi connectivity index (χ2n) is 8.86. The van der Waals surface area contributed by atoms with Crippen molar-refractivity contribution in [1.82, 2.24) is 5.32 Å². The van der Waals surface area contributed by atoms with Gasteiger partial charge in [-0.2, -0.15) is 11.8 Å². The summed E-state index contributed by atoms with van der Waals surface area (Å²) in [6.45, 7) is 8.04. The monoisotopic (exact) mass is 510 g/mol. The van der Waals surface area contributed by atoms with E-state index in [2.05, 4.69) is 36.5 Å². The summed E-state index contributed by atoms with van der Waals surface area (Å²) in [5, 5.41) is 2.89. The summed E-state index contributed by atoms with van der Waals surface area (Å²) in [5.41, 5.74) is 5.86. The summed E-state index contributed by atoms with van der Waals surface area (Å²) >= 11 is 1.82. The fourth-order valence-corrected chi connectivity index (χ4v) is 6.09. The highest BCUT2D eigenvalue weighted by Crippen LogP contribution is 2.27. The van der Waals surface area contributed by atoms with Crippen LogP contribution in [-0.4, -0.2) is 33.2 Å². The molecule has 1 amide bonds. The predicted molar refractivity (Wildman–Crippen MR) is 147 cm³/mol. The molecule has 0 aromatic heterocycles. The molecule has 0 atom stereocenters. The molecule has 0 aliphatic carbocycles. The summed E-state index contributed by atoms with van der Waals surface area (Å²) in [6.07, 6.45) is 0.816. The average molecular weight is 511 g/mol. The highest BCUT2D eigenvalue weighted by atomic mass is 32.2. The number of anilines is 1. The lowest BCUT2D eigenvalue weighted by atomic mass is 10.1. The third-order valence-corrected chi connectivity index (χ3v) is 8.58. The predicted octanol–water partition coefficient (Wildman–Crippen LogP) is 5.56. The first-order valence-corrected chi connectivity index (χ1v) is 14.3. The summed E-state index contributed by atoms with van der Waals surface area (Å²) in [7, 11) is -3.91. The van der Waals surface area contributed by atoms with Crippen LogP contribution in [0.1, 0.15) is 34.2 Å². The summed E-state index contributed by atoms with van der Waals surface area (Å²) in [5.74, 6) is 1.53. The van der Waals surface area contributed by atoms with Gasteiger partial charge in [-0.15, -0.1) is 0 Å². The van der Waals surface area contributed by atoms with Crippen molar-refractivity contribution in [2.24, 2.45) is 0 Å². The van der Waals surface area contributed by atoms with Crippen molar-refractivity contribution in [1.29, 1.82) is 0 Å². The van der Waals surface area contributed by atoms with E-state index in [0.29, 0.717) is 12.2 Å². The van der Waals surface area contributed by atoms with Gasteiger partial charge in [0.15, 0.2) is 0 Å². The minimum absolute atomic E-state index is 0.170. The highest BCUT2D eigenvalue weighted by Gasteiger charge is 2.28. The third-order valence-electron chi connectivity index (χ3n) is 5.69. The van der Waals surface area contributed by atoms with Gasteiger partial charge in [0.25, 0.3) is 10.0 Å². The molecule has 0 radical (unpaired) electrons. The number of carbonyl (C=O) groups excluding carboxylic acids is 1. The van der Waals surface area contributed by atoms with E-state index in [-0.39, 0.29) is 17.3 Å². The number of nitrogens with zero attached hydrogens (tertiary/aromatic N) is 1. The van der Waals surface area contributed by atoms with Gasteiger partial charge in [-0.3, -0.25) is 9.10 Å². The quantitative estimate of drug-likeness (QED) is 0.343. The molecule has 0 aliphatic heterocycles. The maximum Gasteiger partial charge on any atom is 0.264 e. The summed E-state index contributed by atoms with van der Waals surface area (Å²) in [4.78, 5) is 13.0. The maximum atomic E-state index is 13.5. The molecule has 0 saturated heterocycles. The number of hydrogen-bond donors (Lipinski definition) is 1. The van der Waals surface area contributed by atoms with Crippen molar-refractivity contribution in [3.63, 3.8) is 0 Å². The Hall–Kier alpha value is -2.77. The Morgan fingerprint density at radius 2 is 1.46 bits per heavy atom. The highest BCUT2D eigenvalue weighted by molar-refractivity contribution is 7.98. The molecular formula is C28H34N2O3S2. The number of benzene rings is 3. The van der Waals surface area contributed by atoms with Gasteiger partial charge in [0.1, 0.15) is 6.54 Å². The molecule has 3 aromatic carbocycles. The Labute approximate surface area is 214 Å². The second-order valence-corrected chi connectivity index (χ2v) is 11.8. The van der Waals surface area contributed by atoms with Gasteiger partial charge in [0.05, 0.1) is 10.6 Å². The van der Waals surface area contributed by atoms with Crippen LogP contribution in [0.5, 0.6) is 0 Å². The molecule has 1 N–H and O–H groups in total. The molecule has 0 fully saturated rings. The molecule has 0 heterocycles. The molecule has 3 rings (SSSR count). The van der Waals surface area contributed by atoms with Gasteiger partial charge < -0.3 is 5.32 Å². The molecule has 0 bridgehead atoms. The van der Waals surface area contributed by atoms with Gasteiger partial charge in [-0.25, -0.2) is 8.42 Å². The Bertz CT molecular complexity index is 1240. The molecule has 5 nitrogen and oxygen atoms in total. The van der Waals surface area contributed by atoms with Crippen LogP contribution in [0.15, 0.2) is 71.6 Å². The topological polar surface area (TPSA) is 66.5 Å². The van der Waals surface area contributed by atoms with E-state index >= 15 is 0 Å². The standard InChI is InChI=1S/C28H34N2O3S2/c1-21-6-11-25(12-7-21)20-34-17-5-16-29-28(31)19-30(27-15-10-23(3)18-24(27)4)35(32,33)26-13-8-22(2)9-14-26/h6-15,18H,5,16-17,19-20H2,1-4H3,(H,29,31). The van der Waals surface area contributed by atoms with Crippen molar-refractivity contribution < 1.29 is 13.2 Å². The first-order chi connectivity index (χ1) is 16.7. The van der Waals surface area contributed by atoms with Crippen molar-refractivity contribution in [2.75, 3.05) is 23.1 Å². The van der Waals surface area contributed by atoms with Gasteiger partial charge in [0, 0.05) is 12.3 Å². The lowest BCUT2D eigenvalue weighted by Crippen LogP contribution is -2.41. The van der Waals surface area contributed by atoms with Crippen molar-refractivity contribution in [3.8, 4) is 0 Å². The van der Waals surface area contributed by atoms with Crippen molar-refractivity contribution in [3.05, 3.63) is 94.5 Å². The number of nitrogens with one attached hydrogen (secondary N) is 1. The molecule has 0 spiro atoms. The molecular weight excluding hydrogens is 476 g/mol. The van der Waals surface area contributed by atoms with Crippen LogP contribution in [0.3, 0.4) is 0 Å². The first-order valence-electron chi connectivity index (χ1n) is 11.7. The Kier molecular flexibility index (Phi) is 9.40. The van der Waals surface area contributed by atoms with Crippen LogP contribution in [0.2, 0.25) is 0 Å².